The van der Waals surface area contributed by atoms with Crippen LogP contribution in [-0.2, 0) is 14.8 Å². The summed E-state index contributed by atoms with van der Waals surface area (Å²) in [6.07, 6.45) is 0. The van der Waals surface area contributed by atoms with Crippen LogP contribution >= 0.6 is 11.3 Å². The first-order chi connectivity index (χ1) is 9.30. The highest BCUT2D eigenvalue weighted by Crippen LogP contribution is 2.25. The average molecular weight is 319 g/mol. The van der Waals surface area contributed by atoms with Crippen LogP contribution in [0.4, 0.5) is 5.13 Å². The number of anilines is 1. The van der Waals surface area contributed by atoms with Crippen molar-refractivity contribution < 1.29 is 13.2 Å². The fourth-order valence-electron chi connectivity index (χ4n) is 1.94. The third-order valence-electron chi connectivity index (χ3n) is 2.93. The molecule has 0 saturated carbocycles. The lowest BCUT2D eigenvalue weighted by molar-refractivity contribution is -0.114. The second kappa shape index (κ2) is 5.72. The summed E-state index contributed by atoms with van der Waals surface area (Å²) >= 11 is 0.861. The van der Waals surface area contributed by atoms with Gasteiger partial charge in [0.05, 0.1) is 0 Å². The molecule has 1 amide bonds. The van der Waals surface area contributed by atoms with Crippen molar-refractivity contribution in [1.29, 1.82) is 0 Å². The largest absolute Gasteiger partial charge is 0.311 e. The summed E-state index contributed by atoms with van der Waals surface area (Å²) in [4.78, 5) is 10.9. The lowest BCUT2D eigenvalue weighted by Gasteiger charge is -2.35. The van der Waals surface area contributed by atoms with Crippen molar-refractivity contribution in [3.05, 3.63) is 0 Å². The van der Waals surface area contributed by atoms with Gasteiger partial charge in [0.15, 0.2) is 0 Å². The fourth-order valence-corrected chi connectivity index (χ4v) is 4.72. The second-order valence-electron chi connectivity index (χ2n) is 4.79. The van der Waals surface area contributed by atoms with Gasteiger partial charge >= 0.3 is 0 Å². The number of amides is 1. The SMILES string of the molecule is CC(=O)Nc1nnc(S(=O)(=O)N2CC(C)NCC2C)s1. The molecule has 112 valence electrons. The van der Waals surface area contributed by atoms with E-state index in [2.05, 4.69) is 20.8 Å². The fraction of sp³-hybridized carbons (Fsp3) is 0.700. The summed E-state index contributed by atoms with van der Waals surface area (Å²) < 4.78 is 26.4. The summed E-state index contributed by atoms with van der Waals surface area (Å²) in [5, 5.41) is 13.2. The highest BCUT2D eigenvalue weighted by molar-refractivity contribution is 7.91. The van der Waals surface area contributed by atoms with E-state index in [0.717, 1.165) is 11.3 Å². The molecule has 1 aliphatic heterocycles. The number of carbonyl (C=O) groups is 1. The molecule has 1 aliphatic rings. The molecule has 1 aromatic heterocycles. The molecule has 8 nitrogen and oxygen atoms in total. The number of nitrogens with zero attached hydrogens (tertiary/aromatic N) is 3. The maximum atomic E-state index is 12.5. The van der Waals surface area contributed by atoms with Crippen LogP contribution in [0.3, 0.4) is 0 Å². The minimum atomic E-state index is -3.67. The first kappa shape index (κ1) is 15.3. The van der Waals surface area contributed by atoms with E-state index in [-0.39, 0.29) is 27.5 Å². The van der Waals surface area contributed by atoms with E-state index in [0.29, 0.717) is 13.1 Å². The molecular formula is C10H17N5O3S2. The highest BCUT2D eigenvalue weighted by atomic mass is 32.2. The van der Waals surface area contributed by atoms with E-state index >= 15 is 0 Å². The zero-order valence-electron chi connectivity index (χ0n) is 11.5. The van der Waals surface area contributed by atoms with E-state index in [1.165, 1.54) is 11.2 Å². The predicted molar refractivity (Wildman–Crippen MR) is 75.0 cm³/mol. The van der Waals surface area contributed by atoms with Gasteiger partial charge in [-0.1, -0.05) is 11.3 Å². The Morgan fingerprint density at radius 3 is 2.80 bits per heavy atom. The summed E-state index contributed by atoms with van der Waals surface area (Å²) in [7, 11) is -3.67. The van der Waals surface area contributed by atoms with Crippen molar-refractivity contribution in [1.82, 2.24) is 19.8 Å². The number of hydrogen-bond donors (Lipinski definition) is 2. The minimum absolute atomic E-state index is 0.0868. The number of rotatable bonds is 3. The van der Waals surface area contributed by atoms with Gasteiger partial charge in [-0.3, -0.25) is 4.79 Å². The van der Waals surface area contributed by atoms with Crippen LogP contribution in [0.25, 0.3) is 0 Å². The summed E-state index contributed by atoms with van der Waals surface area (Å²) in [5.41, 5.74) is 0. The number of piperazine rings is 1. The molecule has 0 aromatic carbocycles. The van der Waals surface area contributed by atoms with E-state index in [9.17, 15) is 13.2 Å². The van der Waals surface area contributed by atoms with Crippen LogP contribution in [0.1, 0.15) is 20.8 Å². The molecule has 1 aromatic rings. The van der Waals surface area contributed by atoms with Gasteiger partial charge in [-0.05, 0) is 13.8 Å². The summed E-state index contributed by atoms with van der Waals surface area (Å²) in [6, 6.07) is -0.0620. The third kappa shape index (κ3) is 3.14. The van der Waals surface area contributed by atoms with Crippen molar-refractivity contribution in [2.75, 3.05) is 18.4 Å². The Bertz CT molecular complexity index is 600. The Kier molecular flexibility index (Phi) is 4.37. The first-order valence-electron chi connectivity index (χ1n) is 6.17. The maximum Gasteiger partial charge on any atom is 0.272 e. The lowest BCUT2D eigenvalue weighted by Crippen LogP contribution is -2.56. The Labute approximate surface area is 121 Å². The van der Waals surface area contributed by atoms with Gasteiger partial charge in [0.1, 0.15) is 0 Å². The first-order valence-corrected chi connectivity index (χ1v) is 8.42. The molecule has 2 N–H and O–H groups in total. The van der Waals surface area contributed by atoms with Crippen LogP contribution in [0.2, 0.25) is 0 Å². The van der Waals surface area contributed by atoms with Crippen molar-refractivity contribution >= 4 is 32.4 Å². The Hall–Kier alpha value is -1.10. The van der Waals surface area contributed by atoms with E-state index in [4.69, 9.17) is 0 Å². The second-order valence-corrected chi connectivity index (χ2v) is 7.83. The highest BCUT2D eigenvalue weighted by Gasteiger charge is 2.35. The van der Waals surface area contributed by atoms with Crippen molar-refractivity contribution in [3.8, 4) is 0 Å². The van der Waals surface area contributed by atoms with Crippen LogP contribution < -0.4 is 10.6 Å². The van der Waals surface area contributed by atoms with Crippen LogP contribution in [0.5, 0.6) is 0 Å². The monoisotopic (exact) mass is 319 g/mol. The zero-order valence-corrected chi connectivity index (χ0v) is 13.1. The van der Waals surface area contributed by atoms with Crippen molar-refractivity contribution in [2.24, 2.45) is 0 Å². The molecular weight excluding hydrogens is 302 g/mol. The molecule has 1 saturated heterocycles. The molecule has 2 heterocycles. The number of carbonyl (C=O) groups excluding carboxylic acids is 1. The Balaban J connectivity index is 2.25. The molecule has 2 unspecified atom stereocenters. The van der Waals surface area contributed by atoms with Gasteiger partial charge in [0, 0.05) is 32.1 Å². The standard InChI is InChI=1S/C10H17N5O3S2/c1-6-5-15(7(2)4-11-6)20(17,18)10-14-13-9(19-10)12-8(3)16/h6-7,11H,4-5H2,1-3H3,(H,12,13,16). The molecule has 2 rings (SSSR count). The zero-order chi connectivity index (χ0) is 14.9. The maximum absolute atomic E-state index is 12.5. The van der Waals surface area contributed by atoms with E-state index in [1.54, 1.807) is 0 Å². The number of hydrogen-bond acceptors (Lipinski definition) is 7. The van der Waals surface area contributed by atoms with Gasteiger partial charge in [-0.2, -0.15) is 4.31 Å². The normalized spacial score (nSPS) is 24.6. The van der Waals surface area contributed by atoms with Crippen LogP contribution in [0, 0.1) is 0 Å². The average Bonchev–Trinajstić information content (AvgIpc) is 2.80. The summed E-state index contributed by atoms with van der Waals surface area (Å²) in [6.45, 7) is 6.08. The Morgan fingerprint density at radius 1 is 1.45 bits per heavy atom. The van der Waals surface area contributed by atoms with Crippen molar-refractivity contribution in [3.63, 3.8) is 0 Å². The molecule has 0 bridgehead atoms. The molecule has 0 radical (unpaired) electrons. The van der Waals surface area contributed by atoms with Gasteiger partial charge in [-0.15, -0.1) is 10.2 Å². The van der Waals surface area contributed by atoms with Crippen molar-refractivity contribution in [2.45, 2.75) is 37.2 Å². The van der Waals surface area contributed by atoms with Gasteiger partial charge in [-0.25, -0.2) is 8.42 Å². The number of nitrogens with one attached hydrogen (secondary N) is 2. The van der Waals surface area contributed by atoms with E-state index < -0.39 is 10.0 Å². The topological polar surface area (TPSA) is 104 Å². The molecule has 2 atom stereocenters. The summed E-state index contributed by atoms with van der Waals surface area (Å²) in [5.74, 6) is -0.311. The predicted octanol–water partition coefficient (Wildman–Crippen LogP) is -0.133. The smallest absolute Gasteiger partial charge is 0.272 e. The third-order valence-corrected chi connectivity index (χ3v) is 6.09. The molecule has 20 heavy (non-hydrogen) atoms. The Morgan fingerprint density at radius 2 is 2.15 bits per heavy atom. The molecule has 0 aliphatic carbocycles. The minimum Gasteiger partial charge on any atom is -0.311 e. The number of sulfonamides is 1. The van der Waals surface area contributed by atoms with Gasteiger partial charge in [0.25, 0.3) is 10.0 Å². The van der Waals surface area contributed by atoms with Crippen LogP contribution in [-0.4, -0.2) is 54.0 Å². The molecule has 0 spiro atoms. The quantitative estimate of drug-likeness (QED) is 0.752. The van der Waals surface area contributed by atoms with Gasteiger partial charge in [0.2, 0.25) is 15.4 Å². The lowest BCUT2D eigenvalue weighted by atomic mass is 10.2. The number of aromatic nitrogens is 2. The van der Waals surface area contributed by atoms with E-state index in [1.807, 2.05) is 13.8 Å². The molecule has 10 heteroatoms. The molecule has 1 fully saturated rings. The van der Waals surface area contributed by atoms with Gasteiger partial charge < -0.3 is 10.6 Å². The van der Waals surface area contributed by atoms with Crippen LogP contribution in [0.15, 0.2) is 4.34 Å².